The number of hydrogen-bond acceptors (Lipinski definition) is 6. The van der Waals surface area contributed by atoms with Gasteiger partial charge in [-0.15, -0.1) is 0 Å². The molecule has 0 aliphatic rings. The molecule has 0 spiro atoms. The molecule has 0 aliphatic heterocycles. The number of hydrogen-bond donors (Lipinski definition) is 2. The fourth-order valence-corrected chi connectivity index (χ4v) is 2.95. The van der Waals surface area contributed by atoms with E-state index in [-0.39, 0.29) is 12.7 Å². The van der Waals surface area contributed by atoms with E-state index in [9.17, 15) is 5.11 Å². The van der Waals surface area contributed by atoms with Gasteiger partial charge in [0.05, 0.1) is 12.7 Å². The molecular weight excluding hydrogens is 262 g/mol. The average molecular weight is 287 g/mol. The number of anilines is 2. The highest BCUT2D eigenvalue weighted by molar-refractivity contribution is 7.11. The Hall–Kier alpha value is -1.01. The van der Waals surface area contributed by atoms with Gasteiger partial charge in [-0.2, -0.15) is 4.37 Å². The summed E-state index contributed by atoms with van der Waals surface area (Å²) in [5.41, 5.74) is 5.89. The van der Waals surface area contributed by atoms with Crippen molar-refractivity contribution in [3.8, 4) is 5.75 Å². The van der Waals surface area contributed by atoms with Crippen molar-refractivity contribution in [1.82, 2.24) is 4.37 Å². The van der Waals surface area contributed by atoms with E-state index in [4.69, 9.17) is 10.5 Å². The third kappa shape index (κ3) is 3.98. The zero-order valence-corrected chi connectivity index (χ0v) is 13.0. The Kier molecular flexibility index (Phi) is 6.37. The number of aromatic nitrogens is 1. The van der Waals surface area contributed by atoms with E-state index in [1.165, 1.54) is 11.5 Å². The summed E-state index contributed by atoms with van der Waals surface area (Å²) in [5, 5.41) is 10.2. The molecule has 1 aromatic rings. The monoisotopic (exact) mass is 287 g/mol. The second-order valence-corrected chi connectivity index (χ2v) is 5.51. The SMILES string of the molecule is CCC(CC)N(CCO)c1snc(N)c1OC(C)C. The van der Waals surface area contributed by atoms with Gasteiger partial charge in [0, 0.05) is 12.6 Å². The van der Waals surface area contributed by atoms with Crippen LogP contribution in [0.25, 0.3) is 0 Å². The number of nitrogen functional groups attached to an aromatic ring is 1. The third-order valence-electron chi connectivity index (χ3n) is 3.00. The van der Waals surface area contributed by atoms with Crippen molar-refractivity contribution in [3.63, 3.8) is 0 Å². The minimum atomic E-state index is 0.0510. The summed E-state index contributed by atoms with van der Waals surface area (Å²) in [5.74, 6) is 1.09. The van der Waals surface area contributed by atoms with Crippen LogP contribution in [-0.4, -0.2) is 34.8 Å². The smallest absolute Gasteiger partial charge is 0.198 e. The van der Waals surface area contributed by atoms with Crippen LogP contribution < -0.4 is 15.4 Å². The number of nitrogens with zero attached hydrogens (tertiary/aromatic N) is 2. The second-order valence-electron chi connectivity index (χ2n) is 4.76. The van der Waals surface area contributed by atoms with Crippen LogP contribution in [-0.2, 0) is 0 Å². The highest BCUT2D eigenvalue weighted by atomic mass is 32.1. The molecule has 0 bridgehead atoms. The predicted molar refractivity (Wildman–Crippen MR) is 81.1 cm³/mol. The first-order chi connectivity index (χ1) is 9.04. The molecule has 0 saturated heterocycles. The Morgan fingerprint density at radius 1 is 1.37 bits per heavy atom. The normalized spacial score (nSPS) is 11.3. The molecule has 0 aromatic carbocycles. The highest BCUT2D eigenvalue weighted by Gasteiger charge is 2.24. The van der Waals surface area contributed by atoms with Gasteiger partial charge in [-0.05, 0) is 38.2 Å². The molecule has 0 fully saturated rings. The number of rotatable bonds is 8. The van der Waals surface area contributed by atoms with Gasteiger partial charge in [-0.1, -0.05) is 13.8 Å². The molecular formula is C13H25N3O2S. The van der Waals surface area contributed by atoms with E-state index < -0.39 is 0 Å². The number of aliphatic hydroxyl groups is 1. The van der Waals surface area contributed by atoms with E-state index in [1.807, 2.05) is 13.8 Å². The molecule has 0 aliphatic carbocycles. The zero-order valence-electron chi connectivity index (χ0n) is 12.2. The lowest BCUT2D eigenvalue weighted by molar-refractivity contribution is 0.243. The number of ether oxygens (including phenoxy) is 1. The van der Waals surface area contributed by atoms with Gasteiger partial charge in [0.2, 0.25) is 0 Å². The van der Waals surface area contributed by atoms with E-state index in [0.717, 1.165) is 17.8 Å². The van der Waals surface area contributed by atoms with E-state index >= 15 is 0 Å². The lowest BCUT2D eigenvalue weighted by atomic mass is 10.1. The van der Waals surface area contributed by atoms with Gasteiger partial charge in [0.25, 0.3) is 0 Å². The van der Waals surface area contributed by atoms with Crippen molar-refractivity contribution < 1.29 is 9.84 Å². The molecule has 1 rings (SSSR count). The molecule has 6 heteroatoms. The van der Waals surface area contributed by atoms with Gasteiger partial charge < -0.3 is 20.5 Å². The van der Waals surface area contributed by atoms with Gasteiger partial charge in [-0.3, -0.25) is 0 Å². The maximum Gasteiger partial charge on any atom is 0.198 e. The van der Waals surface area contributed by atoms with Crippen LogP contribution in [0, 0.1) is 0 Å². The molecule has 19 heavy (non-hydrogen) atoms. The van der Waals surface area contributed by atoms with Gasteiger partial charge >= 0.3 is 0 Å². The maximum atomic E-state index is 9.29. The standard InChI is InChI=1S/C13H25N3O2S/c1-5-10(6-2)16(7-8-17)13-11(18-9(3)4)12(14)15-19-13/h9-10,17H,5-8H2,1-4H3,(H2,14,15). The molecule has 0 saturated carbocycles. The Bertz CT molecular complexity index is 378. The van der Waals surface area contributed by atoms with Crippen LogP contribution in [0.3, 0.4) is 0 Å². The highest BCUT2D eigenvalue weighted by Crippen LogP contribution is 2.40. The van der Waals surface area contributed by atoms with Crippen molar-refractivity contribution in [2.45, 2.75) is 52.7 Å². The van der Waals surface area contributed by atoms with Crippen molar-refractivity contribution >= 4 is 22.4 Å². The summed E-state index contributed by atoms with van der Waals surface area (Å²) < 4.78 is 9.98. The summed E-state index contributed by atoms with van der Waals surface area (Å²) >= 11 is 1.34. The van der Waals surface area contributed by atoms with Crippen molar-refractivity contribution in [2.24, 2.45) is 0 Å². The van der Waals surface area contributed by atoms with Crippen LogP contribution in [0.2, 0.25) is 0 Å². The summed E-state index contributed by atoms with van der Waals surface area (Å²) in [6, 6.07) is 0.363. The van der Waals surface area contributed by atoms with Crippen LogP contribution >= 0.6 is 11.5 Å². The summed E-state index contributed by atoms with van der Waals surface area (Å²) in [6.07, 6.45) is 2.07. The Morgan fingerprint density at radius 2 is 2.00 bits per heavy atom. The van der Waals surface area contributed by atoms with Crippen molar-refractivity contribution in [3.05, 3.63) is 0 Å². The molecule has 5 nitrogen and oxygen atoms in total. The molecule has 3 N–H and O–H groups in total. The molecule has 0 amide bonds. The fourth-order valence-electron chi connectivity index (χ4n) is 2.10. The van der Waals surface area contributed by atoms with Crippen LogP contribution in [0.1, 0.15) is 40.5 Å². The zero-order chi connectivity index (χ0) is 14.4. The first-order valence-electron chi connectivity index (χ1n) is 6.84. The van der Waals surface area contributed by atoms with Crippen LogP contribution in [0.5, 0.6) is 5.75 Å². The largest absolute Gasteiger partial charge is 0.484 e. The molecule has 0 unspecified atom stereocenters. The van der Waals surface area contributed by atoms with Crippen LogP contribution in [0.15, 0.2) is 0 Å². The number of nitrogens with two attached hydrogens (primary N) is 1. The third-order valence-corrected chi connectivity index (χ3v) is 3.88. The molecule has 110 valence electrons. The maximum absolute atomic E-state index is 9.29. The van der Waals surface area contributed by atoms with Gasteiger partial charge in [0.1, 0.15) is 0 Å². The first-order valence-corrected chi connectivity index (χ1v) is 7.61. The van der Waals surface area contributed by atoms with E-state index in [0.29, 0.717) is 24.2 Å². The fraction of sp³-hybridized carbons (Fsp3) is 0.769. The summed E-state index contributed by atoms with van der Waals surface area (Å²) in [7, 11) is 0. The summed E-state index contributed by atoms with van der Waals surface area (Å²) in [4.78, 5) is 2.16. The quantitative estimate of drug-likeness (QED) is 0.768. The summed E-state index contributed by atoms with van der Waals surface area (Å²) in [6.45, 7) is 8.90. The second kappa shape index (κ2) is 7.55. The van der Waals surface area contributed by atoms with Crippen molar-refractivity contribution in [1.29, 1.82) is 0 Å². The van der Waals surface area contributed by atoms with E-state index in [2.05, 4.69) is 23.1 Å². The minimum absolute atomic E-state index is 0.0510. The lowest BCUT2D eigenvalue weighted by Gasteiger charge is -2.31. The lowest BCUT2D eigenvalue weighted by Crippen LogP contribution is -2.36. The molecule has 1 aromatic heterocycles. The molecule has 1 heterocycles. The minimum Gasteiger partial charge on any atom is -0.484 e. The topological polar surface area (TPSA) is 71.6 Å². The van der Waals surface area contributed by atoms with Crippen molar-refractivity contribution in [2.75, 3.05) is 23.8 Å². The Labute approximate surface area is 119 Å². The first kappa shape index (κ1) is 16.0. The van der Waals surface area contributed by atoms with Gasteiger partial charge in [0.15, 0.2) is 16.6 Å². The Morgan fingerprint density at radius 3 is 2.47 bits per heavy atom. The predicted octanol–water partition coefficient (Wildman–Crippen LogP) is 2.50. The number of aliphatic hydroxyl groups excluding tert-OH is 1. The Balaban J connectivity index is 3.07. The molecule has 0 radical (unpaired) electrons. The van der Waals surface area contributed by atoms with E-state index in [1.54, 1.807) is 0 Å². The van der Waals surface area contributed by atoms with Crippen LogP contribution in [0.4, 0.5) is 10.8 Å². The average Bonchev–Trinajstić information content (AvgIpc) is 2.71. The molecule has 0 atom stereocenters. The van der Waals surface area contributed by atoms with Gasteiger partial charge in [-0.25, -0.2) is 0 Å².